The van der Waals surface area contributed by atoms with Crippen LogP contribution in [0.4, 0.5) is 0 Å². The second-order valence-electron chi connectivity index (χ2n) is 2.39. The van der Waals surface area contributed by atoms with Gasteiger partial charge in [-0.3, -0.25) is 0 Å². The maximum absolute atomic E-state index is 5.05. The predicted molar refractivity (Wildman–Crippen MR) is 42.6 cm³/mol. The lowest BCUT2D eigenvalue weighted by Gasteiger charge is -1.94. The molecule has 0 N–H and O–H groups in total. The second kappa shape index (κ2) is 3.25. The van der Waals surface area contributed by atoms with Crippen LogP contribution in [0.1, 0.15) is 13.3 Å². The molecule has 1 aliphatic carbocycles. The van der Waals surface area contributed by atoms with Gasteiger partial charge in [0.1, 0.15) is 5.76 Å². The third-order valence-electron chi connectivity index (χ3n) is 1.49. The van der Waals surface area contributed by atoms with Gasteiger partial charge >= 0.3 is 0 Å². The molecule has 0 heterocycles. The van der Waals surface area contributed by atoms with Crippen LogP contribution in [0, 0.1) is 0 Å². The van der Waals surface area contributed by atoms with Crippen LogP contribution in [-0.4, -0.2) is 7.11 Å². The van der Waals surface area contributed by atoms with E-state index in [9.17, 15) is 0 Å². The van der Waals surface area contributed by atoms with Crippen LogP contribution < -0.4 is 0 Å². The second-order valence-corrected chi connectivity index (χ2v) is 2.39. The minimum atomic E-state index is 0.928. The molecule has 0 aromatic carbocycles. The molecule has 0 aromatic heterocycles. The molecule has 0 aromatic rings. The van der Waals surface area contributed by atoms with Gasteiger partial charge in [0.25, 0.3) is 0 Å². The van der Waals surface area contributed by atoms with E-state index >= 15 is 0 Å². The normalized spacial score (nSPS) is 17.4. The third-order valence-corrected chi connectivity index (χ3v) is 1.49. The molecular weight excluding hydrogens is 124 g/mol. The molecule has 0 radical (unpaired) electrons. The highest BCUT2D eigenvalue weighted by molar-refractivity contribution is 5.26. The monoisotopic (exact) mass is 136 g/mol. The molecule has 0 amide bonds. The van der Waals surface area contributed by atoms with Gasteiger partial charge in [-0.15, -0.1) is 0 Å². The zero-order valence-electron chi connectivity index (χ0n) is 6.42. The number of hydrogen-bond acceptors (Lipinski definition) is 1. The van der Waals surface area contributed by atoms with Gasteiger partial charge in [-0.1, -0.05) is 17.7 Å². The van der Waals surface area contributed by atoms with Crippen molar-refractivity contribution in [3.63, 3.8) is 0 Å². The quantitative estimate of drug-likeness (QED) is 0.538. The van der Waals surface area contributed by atoms with Crippen LogP contribution in [0.15, 0.2) is 35.6 Å². The van der Waals surface area contributed by atoms with E-state index in [0.29, 0.717) is 0 Å². The summed E-state index contributed by atoms with van der Waals surface area (Å²) in [5, 5.41) is 0. The van der Waals surface area contributed by atoms with Crippen molar-refractivity contribution in [2.75, 3.05) is 7.11 Å². The Balaban J connectivity index is 2.75. The molecule has 54 valence electrons. The first-order valence-electron chi connectivity index (χ1n) is 3.41. The molecule has 0 atom stereocenters. The largest absolute Gasteiger partial charge is 0.497 e. The smallest absolute Gasteiger partial charge is 0.118 e. The van der Waals surface area contributed by atoms with Gasteiger partial charge in [-0.05, 0) is 25.5 Å². The summed E-state index contributed by atoms with van der Waals surface area (Å²) in [6.07, 6.45) is 9.20. The van der Waals surface area contributed by atoms with Gasteiger partial charge in [0.05, 0.1) is 7.11 Å². The lowest BCUT2D eigenvalue weighted by atomic mass is 10.2. The van der Waals surface area contributed by atoms with Crippen molar-refractivity contribution in [2.45, 2.75) is 13.3 Å². The van der Waals surface area contributed by atoms with E-state index < -0.39 is 0 Å². The number of rotatable bonds is 1. The number of hydrogen-bond donors (Lipinski definition) is 0. The first-order chi connectivity index (χ1) is 4.83. The summed E-state index contributed by atoms with van der Waals surface area (Å²) in [5.41, 5.74) is 1.36. The van der Waals surface area contributed by atoms with E-state index in [1.54, 1.807) is 7.11 Å². The Morgan fingerprint density at radius 3 is 2.90 bits per heavy atom. The Morgan fingerprint density at radius 1 is 1.40 bits per heavy atom. The molecule has 1 nitrogen and oxygen atoms in total. The molecule has 0 spiro atoms. The van der Waals surface area contributed by atoms with Crippen LogP contribution in [0.25, 0.3) is 0 Å². The fraction of sp³-hybridized carbons (Fsp3) is 0.333. The van der Waals surface area contributed by atoms with Gasteiger partial charge in [0, 0.05) is 0 Å². The maximum atomic E-state index is 5.05. The Morgan fingerprint density at radius 2 is 2.20 bits per heavy atom. The molecule has 0 bridgehead atoms. The predicted octanol–water partition coefficient (Wildman–Crippen LogP) is 2.42. The van der Waals surface area contributed by atoms with Gasteiger partial charge in [0.15, 0.2) is 0 Å². The molecule has 0 aliphatic heterocycles. The SMILES string of the molecule is COC1=CC=C(C)CC=C1. The van der Waals surface area contributed by atoms with Gasteiger partial charge in [0.2, 0.25) is 0 Å². The van der Waals surface area contributed by atoms with E-state index in [4.69, 9.17) is 4.74 Å². The van der Waals surface area contributed by atoms with Gasteiger partial charge in [-0.2, -0.15) is 0 Å². The molecule has 0 saturated heterocycles. The van der Waals surface area contributed by atoms with E-state index in [2.05, 4.69) is 19.1 Å². The topological polar surface area (TPSA) is 9.23 Å². The van der Waals surface area contributed by atoms with Crippen LogP contribution in [-0.2, 0) is 4.74 Å². The zero-order chi connectivity index (χ0) is 7.40. The molecule has 1 heteroatoms. The highest BCUT2D eigenvalue weighted by atomic mass is 16.5. The van der Waals surface area contributed by atoms with Crippen LogP contribution in [0.3, 0.4) is 0 Å². The first kappa shape index (κ1) is 7.13. The lowest BCUT2D eigenvalue weighted by molar-refractivity contribution is 0.307. The summed E-state index contributed by atoms with van der Waals surface area (Å²) in [6.45, 7) is 2.11. The highest BCUT2D eigenvalue weighted by Gasteiger charge is 1.92. The Kier molecular flexibility index (Phi) is 2.32. The summed E-state index contributed by atoms with van der Waals surface area (Å²) >= 11 is 0. The molecule has 0 saturated carbocycles. The molecule has 1 rings (SSSR count). The minimum absolute atomic E-state index is 0.928. The van der Waals surface area contributed by atoms with Crippen LogP contribution in [0.2, 0.25) is 0 Å². The fourth-order valence-electron chi connectivity index (χ4n) is 0.845. The summed E-state index contributed by atoms with van der Waals surface area (Å²) in [6, 6.07) is 0. The standard InChI is InChI=1S/C9H12O/c1-8-4-3-5-9(10-2)7-6-8/h3,5-7H,4H2,1-2H3. The van der Waals surface area contributed by atoms with Crippen molar-refractivity contribution in [2.24, 2.45) is 0 Å². The van der Waals surface area contributed by atoms with E-state index in [-0.39, 0.29) is 0 Å². The Hall–Kier alpha value is -0.980. The molecule has 10 heavy (non-hydrogen) atoms. The van der Waals surface area contributed by atoms with Crippen molar-refractivity contribution < 1.29 is 4.74 Å². The molecule has 0 unspecified atom stereocenters. The Labute approximate surface area is 61.7 Å². The van der Waals surface area contributed by atoms with E-state index in [1.807, 2.05) is 12.2 Å². The van der Waals surface area contributed by atoms with Gasteiger partial charge < -0.3 is 4.74 Å². The average molecular weight is 136 g/mol. The van der Waals surface area contributed by atoms with Crippen LogP contribution >= 0.6 is 0 Å². The zero-order valence-corrected chi connectivity index (χ0v) is 6.42. The number of ether oxygens (including phenoxy) is 1. The lowest BCUT2D eigenvalue weighted by Crippen LogP contribution is -1.77. The third kappa shape index (κ3) is 1.76. The van der Waals surface area contributed by atoms with E-state index in [1.165, 1.54) is 5.57 Å². The summed E-state index contributed by atoms with van der Waals surface area (Å²) in [5.74, 6) is 0.928. The van der Waals surface area contributed by atoms with Crippen LogP contribution in [0.5, 0.6) is 0 Å². The van der Waals surface area contributed by atoms with Crippen molar-refractivity contribution in [1.82, 2.24) is 0 Å². The summed E-state index contributed by atoms with van der Waals surface area (Å²) in [7, 11) is 1.69. The summed E-state index contributed by atoms with van der Waals surface area (Å²) in [4.78, 5) is 0. The van der Waals surface area contributed by atoms with Gasteiger partial charge in [-0.25, -0.2) is 0 Å². The Bertz CT molecular complexity index is 197. The van der Waals surface area contributed by atoms with Crippen molar-refractivity contribution in [3.8, 4) is 0 Å². The van der Waals surface area contributed by atoms with Crippen molar-refractivity contribution in [1.29, 1.82) is 0 Å². The maximum Gasteiger partial charge on any atom is 0.118 e. The molecule has 1 aliphatic rings. The fourth-order valence-corrected chi connectivity index (χ4v) is 0.845. The van der Waals surface area contributed by atoms with Crippen molar-refractivity contribution in [3.05, 3.63) is 35.6 Å². The van der Waals surface area contributed by atoms with Crippen molar-refractivity contribution >= 4 is 0 Å². The summed E-state index contributed by atoms with van der Waals surface area (Å²) < 4.78 is 5.05. The molecular formula is C9H12O. The first-order valence-corrected chi connectivity index (χ1v) is 3.41. The van der Waals surface area contributed by atoms with E-state index in [0.717, 1.165) is 12.2 Å². The number of methoxy groups -OCH3 is 1. The molecule has 0 fully saturated rings. The number of allylic oxidation sites excluding steroid dienone is 5. The average Bonchev–Trinajstić information content (AvgIpc) is 2.14. The minimum Gasteiger partial charge on any atom is -0.497 e. The highest BCUT2D eigenvalue weighted by Crippen LogP contribution is 2.09.